The second kappa shape index (κ2) is 6.32. The fourth-order valence-corrected chi connectivity index (χ4v) is 1.78. The average molecular weight is 254 g/mol. The molecule has 4 N–H and O–H groups in total. The zero-order valence-corrected chi connectivity index (χ0v) is 10.2. The van der Waals surface area contributed by atoms with E-state index in [1.54, 1.807) is 0 Å². The third-order valence-corrected chi connectivity index (χ3v) is 2.83. The van der Waals surface area contributed by atoms with Gasteiger partial charge in [-0.3, -0.25) is 10.1 Å². The van der Waals surface area contributed by atoms with Crippen molar-refractivity contribution < 1.29 is 15.1 Å². The van der Waals surface area contributed by atoms with Crippen molar-refractivity contribution in [2.24, 2.45) is 5.73 Å². The fraction of sp³-hybridized carbons (Fsp3) is 0.500. The number of rotatable bonds is 6. The molecule has 0 bridgehead atoms. The van der Waals surface area contributed by atoms with Gasteiger partial charge >= 0.3 is 0 Å². The summed E-state index contributed by atoms with van der Waals surface area (Å²) < 4.78 is 0. The van der Waals surface area contributed by atoms with E-state index >= 15 is 0 Å². The molecule has 18 heavy (non-hydrogen) atoms. The van der Waals surface area contributed by atoms with Crippen LogP contribution in [0.3, 0.4) is 0 Å². The van der Waals surface area contributed by atoms with Gasteiger partial charge in [-0.25, -0.2) is 0 Å². The van der Waals surface area contributed by atoms with Crippen LogP contribution in [0.25, 0.3) is 0 Å². The highest BCUT2D eigenvalue weighted by atomic mass is 16.6. The minimum absolute atomic E-state index is 0.103. The molecule has 0 saturated carbocycles. The van der Waals surface area contributed by atoms with Crippen LogP contribution in [-0.4, -0.2) is 21.2 Å². The maximum absolute atomic E-state index is 10.9. The molecule has 0 spiro atoms. The lowest BCUT2D eigenvalue weighted by molar-refractivity contribution is -0.385. The van der Waals surface area contributed by atoms with Crippen molar-refractivity contribution >= 4 is 5.69 Å². The van der Waals surface area contributed by atoms with Crippen molar-refractivity contribution in [3.63, 3.8) is 0 Å². The van der Waals surface area contributed by atoms with E-state index < -0.39 is 17.1 Å². The summed E-state index contributed by atoms with van der Waals surface area (Å²) in [6.07, 6.45) is 1.32. The number of phenols is 1. The summed E-state index contributed by atoms with van der Waals surface area (Å²) in [7, 11) is 0. The zero-order chi connectivity index (χ0) is 13.7. The second-order valence-electron chi connectivity index (χ2n) is 4.24. The molecule has 1 rings (SSSR count). The van der Waals surface area contributed by atoms with Crippen molar-refractivity contribution in [2.75, 3.05) is 0 Å². The Bertz CT molecular complexity index is 423. The van der Waals surface area contributed by atoms with Gasteiger partial charge in [-0.2, -0.15) is 0 Å². The first-order valence-corrected chi connectivity index (χ1v) is 5.88. The summed E-state index contributed by atoms with van der Waals surface area (Å²) in [6.45, 7) is 1.98. The monoisotopic (exact) mass is 254 g/mol. The molecule has 0 amide bonds. The number of aliphatic hydroxyl groups excluding tert-OH is 1. The SMILES string of the molecule is CCCC[C@H](O)[C@H](N)c1cc(O)ccc1[N+](=O)[O-]. The van der Waals surface area contributed by atoms with Crippen molar-refractivity contribution in [3.05, 3.63) is 33.9 Å². The molecule has 0 aliphatic carbocycles. The highest BCUT2D eigenvalue weighted by Gasteiger charge is 2.25. The fourth-order valence-electron chi connectivity index (χ4n) is 1.78. The van der Waals surface area contributed by atoms with E-state index in [0.717, 1.165) is 12.8 Å². The molecule has 2 atom stereocenters. The first-order chi connectivity index (χ1) is 8.47. The molecule has 1 aromatic rings. The third-order valence-electron chi connectivity index (χ3n) is 2.83. The normalized spacial score (nSPS) is 14.2. The predicted octanol–water partition coefficient (Wildman–Crippen LogP) is 1.85. The van der Waals surface area contributed by atoms with E-state index in [1.807, 2.05) is 6.92 Å². The number of hydrogen-bond acceptors (Lipinski definition) is 5. The van der Waals surface area contributed by atoms with Crippen LogP contribution in [0.15, 0.2) is 18.2 Å². The molecule has 0 saturated heterocycles. The lowest BCUT2D eigenvalue weighted by Gasteiger charge is -2.19. The minimum atomic E-state index is -0.871. The number of aliphatic hydroxyl groups is 1. The molecule has 0 unspecified atom stereocenters. The van der Waals surface area contributed by atoms with Crippen LogP contribution >= 0.6 is 0 Å². The molecule has 0 aliphatic rings. The lowest BCUT2D eigenvalue weighted by Crippen LogP contribution is -2.26. The van der Waals surface area contributed by atoms with E-state index in [2.05, 4.69) is 0 Å². The maximum Gasteiger partial charge on any atom is 0.274 e. The average Bonchev–Trinajstić information content (AvgIpc) is 2.34. The third kappa shape index (κ3) is 3.41. The van der Waals surface area contributed by atoms with Gasteiger partial charge in [0.15, 0.2) is 0 Å². The Morgan fingerprint density at radius 1 is 1.50 bits per heavy atom. The van der Waals surface area contributed by atoms with Crippen LogP contribution in [0, 0.1) is 10.1 Å². The Labute approximate surface area is 105 Å². The number of nitrogens with zero attached hydrogens (tertiary/aromatic N) is 1. The number of aromatic hydroxyl groups is 1. The van der Waals surface area contributed by atoms with Gasteiger partial charge in [0.05, 0.1) is 22.6 Å². The Hall–Kier alpha value is -1.66. The highest BCUT2D eigenvalue weighted by molar-refractivity contribution is 5.46. The van der Waals surface area contributed by atoms with Gasteiger partial charge in [0.2, 0.25) is 0 Å². The van der Waals surface area contributed by atoms with Crippen molar-refractivity contribution in [2.45, 2.75) is 38.3 Å². The number of hydrogen-bond donors (Lipinski definition) is 3. The predicted molar refractivity (Wildman–Crippen MR) is 67.2 cm³/mol. The smallest absolute Gasteiger partial charge is 0.274 e. The summed E-state index contributed by atoms with van der Waals surface area (Å²) in [5.74, 6) is -0.103. The van der Waals surface area contributed by atoms with Crippen molar-refractivity contribution in [1.82, 2.24) is 0 Å². The van der Waals surface area contributed by atoms with Crippen molar-refractivity contribution in [1.29, 1.82) is 0 Å². The maximum atomic E-state index is 10.9. The van der Waals surface area contributed by atoms with Gasteiger partial charge in [0, 0.05) is 6.07 Å². The summed E-state index contributed by atoms with van der Waals surface area (Å²) in [4.78, 5) is 10.3. The van der Waals surface area contributed by atoms with Crippen LogP contribution in [-0.2, 0) is 0 Å². The largest absolute Gasteiger partial charge is 0.508 e. The molecular formula is C12H18N2O4. The van der Waals surface area contributed by atoms with Crippen LogP contribution in [0.1, 0.15) is 37.8 Å². The molecule has 6 nitrogen and oxygen atoms in total. The molecule has 1 aromatic carbocycles. The van der Waals surface area contributed by atoms with Crippen LogP contribution in [0.2, 0.25) is 0 Å². The quantitative estimate of drug-likeness (QED) is 0.530. The molecule has 6 heteroatoms. The second-order valence-corrected chi connectivity index (χ2v) is 4.24. The summed E-state index contributed by atoms with van der Waals surface area (Å²) in [5.41, 5.74) is 5.79. The minimum Gasteiger partial charge on any atom is -0.508 e. The molecule has 0 radical (unpaired) electrons. The Morgan fingerprint density at radius 2 is 2.17 bits per heavy atom. The van der Waals surface area contributed by atoms with Gasteiger partial charge < -0.3 is 15.9 Å². The number of nitro benzene ring substituents is 1. The van der Waals surface area contributed by atoms with E-state index in [4.69, 9.17) is 5.73 Å². The van der Waals surface area contributed by atoms with Gasteiger partial charge in [-0.05, 0) is 18.6 Å². The number of phenolic OH excluding ortho intramolecular Hbond substituents is 1. The summed E-state index contributed by atoms with van der Waals surface area (Å²) in [5, 5.41) is 30.1. The first-order valence-electron chi connectivity index (χ1n) is 5.88. The van der Waals surface area contributed by atoms with Crippen molar-refractivity contribution in [3.8, 4) is 5.75 Å². The molecule has 0 heterocycles. The number of benzene rings is 1. The number of nitrogens with two attached hydrogens (primary N) is 1. The van der Waals surface area contributed by atoms with E-state index in [-0.39, 0.29) is 17.0 Å². The zero-order valence-electron chi connectivity index (χ0n) is 10.2. The molecular weight excluding hydrogens is 236 g/mol. The Balaban J connectivity index is 2.99. The van der Waals surface area contributed by atoms with Gasteiger partial charge in [0.25, 0.3) is 5.69 Å². The molecule has 0 aliphatic heterocycles. The molecule has 0 aromatic heterocycles. The van der Waals surface area contributed by atoms with E-state index in [0.29, 0.717) is 6.42 Å². The first kappa shape index (κ1) is 14.4. The van der Waals surface area contributed by atoms with Gasteiger partial charge in [-0.15, -0.1) is 0 Å². The number of unbranched alkanes of at least 4 members (excludes halogenated alkanes) is 1. The van der Waals surface area contributed by atoms with E-state index in [1.165, 1.54) is 18.2 Å². The highest BCUT2D eigenvalue weighted by Crippen LogP contribution is 2.30. The summed E-state index contributed by atoms with van der Waals surface area (Å²) >= 11 is 0. The lowest BCUT2D eigenvalue weighted by atomic mass is 9.97. The van der Waals surface area contributed by atoms with Gasteiger partial charge in [-0.1, -0.05) is 19.8 Å². The van der Waals surface area contributed by atoms with Crippen LogP contribution in [0.5, 0.6) is 5.75 Å². The summed E-state index contributed by atoms with van der Waals surface area (Å²) in [6, 6.07) is 2.78. The standard InChI is InChI=1S/C12H18N2O4/c1-2-3-4-11(16)12(13)9-7-8(15)5-6-10(9)14(17)18/h5-7,11-12,15-16H,2-4,13H2,1H3/t11-,12+/m0/s1. The number of nitro groups is 1. The molecule has 100 valence electrons. The van der Waals surface area contributed by atoms with Gasteiger partial charge in [0.1, 0.15) is 5.75 Å². The van der Waals surface area contributed by atoms with Crippen LogP contribution < -0.4 is 5.73 Å². The topological polar surface area (TPSA) is 110 Å². The Morgan fingerprint density at radius 3 is 2.72 bits per heavy atom. The van der Waals surface area contributed by atoms with Crippen LogP contribution in [0.4, 0.5) is 5.69 Å². The van der Waals surface area contributed by atoms with E-state index in [9.17, 15) is 20.3 Å². The molecule has 0 fully saturated rings. The Kier molecular flexibility index (Phi) is 5.06.